The first kappa shape index (κ1) is 23.8. The molecule has 0 spiro atoms. The number of fused-ring (bicyclic) bond motifs is 2. The van der Waals surface area contributed by atoms with Gasteiger partial charge in [-0.05, 0) is 38.7 Å². The number of hydrogen-bond donors (Lipinski definition) is 0. The molecule has 0 amide bonds. The Kier molecular flexibility index (Phi) is 5.60. The molecule has 4 heterocycles. The van der Waals surface area contributed by atoms with Crippen LogP contribution in [0.1, 0.15) is 0 Å². The number of benzene rings is 4. The normalized spacial score (nSPS) is 11.3. The van der Waals surface area contributed by atoms with Gasteiger partial charge in [0.25, 0.3) is 0 Å². The number of oxazole rings is 2. The van der Waals surface area contributed by atoms with Crippen LogP contribution in [0.15, 0.2) is 132 Å². The highest BCUT2D eigenvalue weighted by Crippen LogP contribution is 2.44. The van der Waals surface area contributed by atoms with Crippen LogP contribution in [0.4, 0.5) is 0 Å². The van der Waals surface area contributed by atoms with E-state index in [1.165, 1.54) is 12.8 Å². The average molecular weight is 545 g/mol. The summed E-state index contributed by atoms with van der Waals surface area (Å²) >= 11 is 0. The molecular weight excluding hydrogens is 524 g/mol. The van der Waals surface area contributed by atoms with Gasteiger partial charge in [0.15, 0.2) is 36.0 Å². The van der Waals surface area contributed by atoms with E-state index in [0.29, 0.717) is 23.2 Å². The molecular formula is C34H20N6O2. The molecule has 8 nitrogen and oxygen atoms in total. The van der Waals surface area contributed by atoms with Crippen molar-refractivity contribution in [2.45, 2.75) is 0 Å². The van der Waals surface area contributed by atoms with Crippen molar-refractivity contribution in [3.63, 3.8) is 0 Å². The Bertz CT molecular complexity index is 2160. The van der Waals surface area contributed by atoms with Crippen molar-refractivity contribution in [1.82, 2.24) is 29.9 Å². The fourth-order valence-electron chi connectivity index (χ4n) is 5.43. The van der Waals surface area contributed by atoms with Crippen molar-refractivity contribution in [3.8, 4) is 56.6 Å². The van der Waals surface area contributed by atoms with Crippen molar-refractivity contribution in [2.75, 3.05) is 0 Å². The minimum absolute atomic E-state index is 0.482. The van der Waals surface area contributed by atoms with Crippen molar-refractivity contribution < 1.29 is 8.83 Å². The Balaban J connectivity index is 1.40. The predicted molar refractivity (Wildman–Crippen MR) is 160 cm³/mol. The Morgan fingerprint density at radius 1 is 0.405 bits per heavy atom. The zero-order valence-corrected chi connectivity index (χ0v) is 22.0. The Morgan fingerprint density at radius 2 is 0.905 bits per heavy atom. The van der Waals surface area contributed by atoms with Crippen LogP contribution in [0.5, 0.6) is 0 Å². The predicted octanol–water partition coefficient (Wildman–Crippen LogP) is 7.88. The number of aromatic nitrogens is 6. The van der Waals surface area contributed by atoms with Gasteiger partial charge in [-0.25, -0.2) is 29.9 Å². The van der Waals surface area contributed by atoms with Crippen LogP contribution in [0.3, 0.4) is 0 Å². The SMILES string of the molecule is c1ccc(-c2ccc3c(-c4cnc(-c5cnco5)nc4)c4ccccc4c(-c4cnc(-c5cnco5)nc4)c3c2)cc1. The lowest BCUT2D eigenvalue weighted by Gasteiger charge is -2.18. The van der Waals surface area contributed by atoms with E-state index in [2.05, 4.69) is 90.6 Å². The van der Waals surface area contributed by atoms with Crippen LogP contribution in [-0.4, -0.2) is 29.9 Å². The molecule has 0 atom stereocenters. The zero-order chi connectivity index (χ0) is 27.9. The highest BCUT2D eigenvalue weighted by Gasteiger charge is 2.19. The van der Waals surface area contributed by atoms with E-state index in [-0.39, 0.29) is 0 Å². The summed E-state index contributed by atoms with van der Waals surface area (Å²) in [6, 6.07) is 25.3. The van der Waals surface area contributed by atoms with E-state index in [4.69, 9.17) is 8.83 Å². The summed E-state index contributed by atoms with van der Waals surface area (Å²) in [5.74, 6) is 2.01. The van der Waals surface area contributed by atoms with Crippen LogP contribution in [0.25, 0.3) is 78.1 Å². The molecule has 8 aromatic rings. The van der Waals surface area contributed by atoms with Crippen molar-refractivity contribution in [2.24, 2.45) is 0 Å². The van der Waals surface area contributed by atoms with Gasteiger partial charge in [0.05, 0.1) is 12.4 Å². The molecule has 4 aromatic carbocycles. The summed E-state index contributed by atoms with van der Waals surface area (Å²) in [5.41, 5.74) is 6.14. The summed E-state index contributed by atoms with van der Waals surface area (Å²) in [5, 5.41) is 4.28. The van der Waals surface area contributed by atoms with Gasteiger partial charge in [0.2, 0.25) is 0 Å². The fraction of sp³-hybridized carbons (Fsp3) is 0. The minimum atomic E-state index is 0.482. The van der Waals surface area contributed by atoms with Crippen LogP contribution >= 0.6 is 0 Å². The maximum atomic E-state index is 5.41. The summed E-state index contributed by atoms with van der Waals surface area (Å²) in [6.07, 6.45) is 13.3. The second kappa shape index (κ2) is 9.87. The first-order chi connectivity index (χ1) is 20.8. The van der Waals surface area contributed by atoms with Gasteiger partial charge in [-0.2, -0.15) is 0 Å². The van der Waals surface area contributed by atoms with E-state index in [0.717, 1.165) is 54.9 Å². The number of rotatable bonds is 5. The number of nitrogens with zero attached hydrogens (tertiary/aromatic N) is 6. The molecule has 4 aromatic heterocycles. The minimum Gasteiger partial charge on any atom is -0.440 e. The molecule has 0 saturated carbocycles. The third kappa shape index (κ3) is 4.01. The van der Waals surface area contributed by atoms with E-state index in [9.17, 15) is 0 Å². The van der Waals surface area contributed by atoms with Gasteiger partial charge in [-0.3, -0.25) is 0 Å². The molecule has 0 fully saturated rings. The lowest BCUT2D eigenvalue weighted by atomic mass is 9.86. The largest absolute Gasteiger partial charge is 0.440 e. The Morgan fingerprint density at radius 3 is 1.43 bits per heavy atom. The zero-order valence-electron chi connectivity index (χ0n) is 22.0. The molecule has 0 N–H and O–H groups in total. The third-order valence-electron chi connectivity index (χ3n) is 7.32. The highest BCUT2D eigenvalue weighted by atomic mass is 16.3. The molecule has 8 heteroatoms. The number of hydrogen-bond acceptors (Lipinski definition) is 8. The molecule has 198 valence electrons. The summed E-state index contributed by atoms with van der Waals surface area (Å²) in [7, 11) is 0. The summed E-state index contributed by atoms with van der Waals surface area (Å²) < 4.78 is 10.8. The van der Waals surface area contributed by atoms with Crippen LogP contribution in [0, 0.1) is 0 Å². The Hall–Kier alpha value is -6.02. The fourth-order valence-corrected chi connectivity index (χ4v) is 5.43. The molecule has 0 saturated heterocycles. The topological polar surface area (TPSA) is 104 Å². The van der Waals surface area contributed by atoms with E-state index in [1.807, 2.05) is 36.9 Å². The molecule has 0 aliphatic carbocycles. The van der Waals surface area contributed by atoms with Crippen molar-refractivity contribution in [1.29, 1.82) is 0 Å². The average Bonchev–Trinajstić information content (AvgIpc) is 3.80. The third-order valence-corrected chi connectivity index (χ3v) is 7.32. The van der Waals surface area contributed by atoms with E-state index in [1.54, 1.807) is 12.4 Å². The lowest BCUT2D eigenvalue weighted by molar-refractivity contribution is 0.567. The lowest BCUT2D eigenvalue weighted by Crippen LogP contribution is -1.95. The van der Waals surface area contributed by atoms with Gasteiger partial charge >= 0.3 is 0 Å². The second-order valence-corrected chi connectivity index (χ2v) is 9.74. The molecule has 8 rings (SSSR count). The molecule has 42 heavy (non-hydrogen) atoms. The monoisotopic (exact) mass is 544 g/mol. The van der Waals surface area contributed by atoms with Crippen LogP contribution in [-0.2, 0) is 0 Å². The van der Waals surface area contributed by atoms with Gasteiger partial charge in [0.1, 0.15) is 0 Å². The highest BCUT2D eigenvalue weighted by molar-refractivity contribution is 6.21. The van der Waals surface area contributed by atoms with Crippen LogP contribution in [0.2, 0.25) is 0 Å². The second-order valence-electron chi connectivity index (χ2n) is 9.74. The standard InChI is InChI=1S/C34H20N6O2/c1-2-6-21(7-3-1)22-10-11-27-28(12-22)32(24-15-39-34(40-16-24)30-18-36-20-42-30)26-9-5-4-8-25(26)31(27)23-13-37-33(38-14-23)29-17-35-19-41-29/h1-20H. The smallest absolute Gasteiger partial charge is 0.197 e. The quantitative estimate of drug-likeness (QED) is 0.202. The molecule has 0 unspecified atom stereocenters. The van der Waals surface area contributed by atoms with Crippen molar-refractivity contribution in [3.05, 3.63) is 123 Å². The molecule has 0 aliphatic heterocycles. The first-order valence-electron chi connectivity index (χ1n) is 13.3. The van der Waals surface area contributed by atoms with E-state index >= 15 is 0 Å². The van der Waals surface area contributed by atoms with Gasteiger partial charge in [0, 0.05) is 47.0 Å². The summed E-state index contributed by atoms with van der Waals surface area (Å²) in [6.45, 7) is 0. The van der Waals surface area contributed by atoms with Gasteiger partial charge in [-0.15, -0.1) is 0 Å². The Labute approximate surface area is 239 Å². The van der Waals surface area contributed by atoms with Gasteiger partial charge in [-0.1, -0.05) is 66.7 Å². The maximum Gasteiger partial charge on any atom is 0.197 e. The maximum absolute atomic E-state index is 5.41. The first-order valence-corrected chi connectivity index (χ1v) is 13.3. The van der Waals surface area contributed by atoms with Crippen LogP contribution < -0.4 is 0 Å². The molecule has 0 bridgehead atoms. The summed E-state index contributed by atoms with van der Waals surface area (Å²) in [4.78, 5) is 26.5. The van der Waals surface area contributed by atoms with E-state index < -0.39 is 0 Å². The van der Waals surface area contributed by atoms with Crippen molar-refractivity contribution >= 4 is 21.5 Å². The van der Waals surface area contributed by atoms with Gasteiger partial charge < -0.3 is 8.83 Å². The molecule has 0 radical (unpaired) electrons. The molecule has 0 aliphatic rings.